The minimum Gasteiger partial charge on any atom is -0.480 e. The summed E-state index contributed by atoms with van der Waals surface area (Å²) in [4.78, 5) is 22.1. The maximum Gasteiger partial charge on any atom is 0.326 e. The highest BCUT2D eigenvalue weighted by Crippen LogP contribution is 2.04. The average Bonchev–Trinajstić information content (AvgIpc) is 2.15. The number of nitrogens with one attached hydrogen (secondary N) is 2. The fourth-order valence-corrected chi connectivity index (χ4v) is 1.75. The zero-order chi connectivity index (χ0) is 13.6. The number of sulfonamides is 1. The number of carboxylic acids is 1. The van der Waals surface area contributed by atoms with E-state index in [9.17, 15) is 18.0 Å². The monoisotopic (exact) mass is 266 g/mol. The minimum absolute atomic E-state index is 0.0808. The van der Waals surface area contributed by atoms with E-state index in [1.807, 2.05) is 18.6 Å². The molecule has 0 aliphatic rings. The van der Waals surface area contributed by atoms with Gasteiger partial charge in [-0.1, -0.05) is 13.8 Å². The summed E-state index contributed by atoms with van der Waals surface area (Å²) in [6.07, 6.45) is 0.251. The molecule has 0 aliphatic carbocycles. The predicted octanol–water partition coefficient (Wildman–Crippen LogP) is -0.849. The Hall–Kier alpha value is -1.15. The molecule has 1 atom stereocenters. The Labute approximate surface area is 101 Å². The second-order valence-electron chi connectivity index (χ2n) is 4.05. The lowest BCUT2D eigenvalue weighted by molar-refractivity contribution is -0.141. The Morgan fingerprint density at radius 2 is 1.82 bits per heavy atom. The van der Waals surface area contributed by atoms with Gasteiger partial charge in [-0.25, -0.2) is 17.9 Å². The van der Waals surface area contributed by atoms with Crippen LogP contribution in [0, 0.1) is 5.92 Å². The largest absolute Gasteiger partial charge is 0.480 e. The summed E-state index contributed by atoms with van der Waals surface area (Å²) in [6.45, 7) is 3.62. The van der Waals surface area contributed by atoms with Crippen LogP contribution in [0.5, 0.6) is 0 Å². The summed E-state index contributed by atoms with van der Waals surface area (Å²) in [5.41, 5.74) is 0. The minimum atomic E-state index is -3.67. The highest BCUT2D eigenvalue weighted by atomic mass is 32.2. The van der Waals surface area contributed by atoms with E-state index < -0.39 is 33.7 Å². The number of rotatable bonds is 7. The molecule has 0 aromatic carbocycles. The Kier molecular flexibility index (Phi) is 6.11. The van der Waals surface area contributed by atoms with E-state index in [1.165, 1.54) is 7.05 Å². The summed E-state index contributed by atoms with van der Waals surface area (Å²) in [6, 6.07) is -1.06. The number of carbonyl (C=O) groups excluding carboxylic acids is 1. The van der Waals surface area contributed by atoms with Gasteiger partial charge in [0.15, 0.2) is 0 Å². The standard InChI is InChI=1S/C9H18N2O5S/c1-6(2)4-7(9(13)14)11-8(12)5-17(15,16)10-3/h6-7,10H,4-5H2,1-3H3,(H,11,12)(H,13,14)/t7-/m0/s1. The molecule has 0 fully saturated rings. The molecule has 0 aliphatic heterocycles. The molecular weight excluding hydrogens is 248 g/mol. The molecule has 0 heterocycles. The van der Waals surface area contributed by atoms with Gasteiger partial charge in [-0.05, 0) is 19.4 Å². The molecule has 0 saturated heterocycles. The van der Waals surface area contributed by atoms with E-state index in [4.69, 9.17) is 5.11 Å². The molecule has 0 unspecified atom stereocenters. The van der Waals surface area contributed by atoms with E-state index in [-0.39, 0.29) is 12.3 Å². The van der Waals surface area contributed by atoms with Crippen LogP contribution in [0.4, 0.5) is 0 Å². The summed E-state index contributed by atoms with van der Waals surface area (Å²) >= 11 is 0. The third-order valence-corrected chi connectivity index (χ3v) is 3.24. The second kappa shape index (κ2) is 6.55. The van der Waals surface area contributed by atoms with Gasteiger partial charge in [0.05, 0.1) is 0 Å². The highest BCUT2D eigenvalue weighted by molar-refractivity contribution is 7.90. The number of carbonyl (C=O) groups is 2. The van der Waals surface area contributed by atoms with E-state index in [0.717, 1.165) is 0 Å². The van der Waals surface area contributed by atoms with Crippen molar-refractivity contribution in [3.8, 4) is 0 Å². The van der Waals surface area contributed by atoms with Crippen molar-refractivity contribution in [2.75, 3.05) is 12.8 Å². The van der Waals surface area contributed by atoms with Gasteiger partial charge >= 0.3 is 5.97 Å². The van der Waals surface area contributed by atoms with Crippen molar-refractivity contribution in [1.29, 1.82) is 0 Å². The van der Waals surface area contributed by atoms with E-state index in [0.29, 0.717) is 0 Å². The Balaban J connectivity index is 4.47. The number of hydrogen-bond donors (Lipinski definition) is 3. The number of hydrogen-bond acceptors (Lipinski definition) is 4. The Morgan fingerprint density at radius 1 is 1.29 bits per heavy atom. The summed E-state index contributed by atoms with van der Waals surface area (Å²) in [5.74, 6) is -2.69. The quantitative estimate of drug-likeness (QED) is 0.555. The normalized spacial score (nSPS) is 13.4. The zero-order valence-electron chi connectivity index (χ0n) is 10.1. The maximum atomic E-state index is 11.3. The van der Waals surface area contributed by atoms with E-state index in [1.54, 1.807) is 0 Å². The smallest absolute Gasteiger partial charge is 0.326 e. The van der Waals surface area contributed by atoms with Crippen LogP contribution in [0.3, 0.4) is 0 Å². The van der Waals surface area contributed by atoms with Crippen molar-refractivity contribution >= 4 is 21.9 Å². The summed E-state index contributed by atoms with van der Waals surface area (Å²) < 4.78 is 24.1. The molecule has 0 rings (SSSR count). The number of carboxylic acid groups (broad SMARTS) is 1. The first-order valence-corrected chi connectivity index (χ1v) is 6.76. The van der Waals surface area contributed by atoms with Crippen molar-refractivity contribution in [2.24, 2.45) is 5.92 Å². The molecule has 0 aromatic heterocycles. The average molecular weight is 266 g/mol. The topological polar surface area (TPSA) is 113 Å². The fraction of sp³-hybridized carbons (Fsp3) is 0.778. The van der Waals surface area contributed by atoms with Gasteiger partial charge in [-0.3, -0.25) is 4.79 Å². The third-order valence-electron chi connectivity index (χ3n) is 1.97. The lowest BCUT2D eigenvalue weighted by atomic mass is 10.0. The third kappa shape index (κ3) is 6.90. The zero-order valence-corrected chi connectivity index (χ0v) is 10.9. The van der Waals surface area contributed by atoms with Crippen LogP contribution in [0.15, 0.2) is 0 Å². The van der Waals surface area contributed by atoms with Crippen LogP contribution < -0.4 is 10.0 Å². The molecule has 0 bridgehead atoms. The molecule has 17 heavy (non-hydrogen) atoms. The van der Waals surface area contributed by atoms with Crippen molar-refractivity contribution in [3.63, 3.8) is 0 Å². The summed E-state index contributed by atoms with van der Waals surface area (Å²) in [7, 11) is -2.49. The van der Waals surface area contributed by atoms with E-state index in [2.05, 4.69) is 5.32 Å². The van der Waals surface area contributed by atoms with Gasteiger partial charge in [0.2, 0.25) is 15.9 Å². The molecule has 8 heteroatoms. The van der Waals surface area contributed by atoms with Gasteiger partial charge in [0, 0.05) is 0 Å². The Bertz CT molecular complexity index is 377. The first-order valence-electron chi connectivity index (χ1n) is 5.11. The summed E-state index contributed by atoms with van der Waals surface area (Å²) in [5, 5.41) is 11.0. The van der Waals surface area contributed by atoms with Gasteiger partial charge < -0.3 is 10.4 Å². The van der Waals surface area contributed by atoms with Crippen molar-refractivity contribution in [1.82, 2.24) is 10.0 Å². The Morgan fingerprint density at radius 3 is 2.18 bits per heavy atom. The molecule has 7 nitrogen and oxygen atoms in total. The molecule has 1 amide bonds. The van der Waals surface area contributed by atoms with Crippen molar-refractivity contribution < 1.29 is 23.1 Å². The fourth-order valence-electron chi connectivity index (χ4n) is 1.17. The second-order valence-corrected chi connectivity index (χ2v) is 5.98. The van der Waals surface area contributed by atoms with Crippen molar-refractivity contribution in [2.45, 2.75) is 26.3 Å². The number of aliphatic carboxylic acids is 1. The van der Waals surface area contributed by atoms with Crippen LogP contribution in [0.1, 0.15) is 20.3 Å². The molecule has 0 aromatic rings. The van der Waals surface area contributed by atoms with Crippen molar-refractivity contribution in [3.05, 3.63) is 0 Å². The van der Waals surface area contributed by atoms with Crippen LogP contribution in [0.2, 0.25) is 0 Å². The number of amides is 1. The predicted molar refractivity (Wildman–Crippen MR) is 61.9 cm³/mol. The highest BCUT2D eigenvalue weighted by Gasteiger charge is 2.23. The van der Waals surface area contributed by atoms with Gasteiger partial charge in [-0.2, -0.15) is 0 Å². The molecule has 100 valence electrons. The van der Waals surface area contributed by atoms with Gasteiger partial charge in [0.1, 0.15) is 11.8 Å². The first-order chi connectivity index (χ1) is 7.68. The van der Waals surface area contributed by atoms with Crippen LogP contribution in [-0.2, 0) is 19.6 Å². The first kappa shape index (κ1) is 15.9. The van der Waals surface area contributed by atoms with Gasteiger partial charge in [-0.15, -0.1) is 0 Å². The van der Waals surface area contributed by atoms with Crippen LogP contribution in [-0.4, -0.2) is 44.2 Å². The van der Waals surface area contributed by atoms with E-state index >= 15 is 0 Å². The molecule has 0 spiro atoms. The van der Waals surface area contributed by atoms with Crippen LogP contribution in [0.25, 0.3) is 0 Å². The molecule has 0 radical (unpaired) electrons. The SMILES string of the molecule is CNS(=O)(=O)CC(=O)N[C@@H](CC(C)C)C(=O)O. The lowest BCUT2D eigenvalue weighted by Crippen LogP contribution is -2.45. The molecule has 0 saturated carbocycles. The maximum absolute atomic E-state index is 11.3. The lowest BCUT2D eigenvalue weighted by Gasteiger charge is -2.16. The van der Waals surface area contributed by atoms with Crippen LogP contribution >= 0.6 is 0 Å². The van der Waals surface area contributed by atoms with Gasteiger partial charge in [0.25, 0.3) is 0 Å². The molecular formula is C9H18N2O5S. The molecule has 3 N–H and O–H groups in total.